The van der Waals surface area contributed by atoms with Crippen molar-refractivity contribution in [3.05, 3.63) is 42.1 Å². The quantitative estimate of drug-likeness (QED) is 0.710. The number of nitrogens with one attached hydrogen (secondary N) is 1. The average molecular weight is 399 g/mol. The van der Waals surface area contributed by atoms with Gasteiger partial charge in [-0.3, -0.25) is 9.78 Å². The van der Waals surface area contributed by atoms with E-state index in [0.29, 0.717) is 24.1 Å². The Morgan fingerprint density at radius 3 is 2.89 bits per heavy atom. The van der Waals surface area contributed by atoms with Gasteiger partial charge in [-0.15, -0.1) is 11.3 Å². The monoisotopic (exact) mass is 399 g/mol. The van der Waals surface area contributed by atoms with Gasteiger partial charge < -0.3 is 15.0 Å². The van der Waals surface area contributed by atoms with Gasteiger partial charge in [-0.2, -0.15) is 0 Å². The normalized spacial score (nSPS) is 21.8. The van der Waals surface area contributed by atoms with Crippen molar-refractivity contribution >= 4 is 33.3 Å². The van der Waals surface area contributed by atoms with Gasteiger partial charge in [0.25, 0.3) is 0 Å². The average Bonchev–Trinajstić information content (AvgIpc) is 3.09. The van der Waals surface area contributed by atoms with Crippen molar-refractivity contribution in [1.29, 1.82) is 0 Å². The maximum Gasteiger partial charge on any atom is 0.223 e. The number of ether oxygens (including phenoxy) is 1. The van der Waals surface area contributed by atoms with Crippen LogP contribution in [0.3, 0.4) is 0 Å². The Kier molecular flexibility index (Phi) is 4.31. The number of nitrogens with zero attached hydrogens (tertiary/aromatic N) is 4. The molecule has 3 heterocycles. The van der Waals surface area contributed by atoms with Crippen LogP contribution in [0.4, 0.5) is 10.2 Å². The molecule has 1 amide bonds. The fraction of sp³-hybridized carbons (Fsp3) is 0.368. The zero-order valence-corrected chi connectivity index (χ0v) is 15.7. The van der Waals surface area contributed by atoms with Crippen molar-refractivity contribution in [2.75, 3.05) is 18.0 Å². The lowest BCUT2D eigenvalue weighted by Gasteiger charge is -2.42. The van der Waals surface area contributed by atoms with Crippen LogP contribution in [-0.4, -0.2) is 46.1 Å². The van der Waals surface area contributed by atoms with E-state index < -0.39 is 0 Å². The van der Waals surface area contributed by atoms with E-state index in [9.17, 15) is 9.18 Å². The number of carbonyl (C=O) groups excluding carboxylic acids is 1. The third-order valence-electron chi connectivity index (χ3n) is 5.23. The van der Waals surface area contributed by atoms with Gasteiger partial charge in [0, 0.05) is 37.5 Å². The number of rotatable bonds is 5. The summed E-state index contributed by atoms with van der Waals surface area (Å²) in [5.41, 5.74) is 2.36. The number of hydrogen-bond donors (Lipinski definition) is 1. The molecule has 0 atom stereocenters. The highest BCUT2D eigenvalue weighted by molar-refractivity contribution is 7.16. The van der Waals surface area contributed by atoms with Crippen LogP contribution < -0.4 is 15.0 Å². The molecular weight excluding hydrogens is 381 g/mol. The van der Waals surface area contributed by atoms with Crippen LogP contribution in [-0.2, 0) is 4.79 Å². The molecule has 0 radical (unpaired) electrons. The van der Waals surface area contributed by atoms with Crippen LogP contribution in [0.2, 0.25) is 0 Å². The molecular formula is C19H18FN5O2S. The van der Waals surface area contributed by atoms with Crippen LogP contribution in [0.1, 0.15) is 12.8 Å². The van der Waals surface area contributed by atoms with Gasteiger partial charge in [0.1, 0.15) is 29.0 Å². The molecule has 1 aromatic carbocycles. The summed E-state index contributed by atoms with van der Waals surface area (Å²) in [4.78, 5) is 27.0. The molecule has 1 aliphatic heterocycles. The van der Waals surface area contributed by atoms with E-state index in [1.165, 1.54) is 23.5 Å². The minimum Gasteiger partial charge on any atom is -0.488 e. The summed E-state index contributed by atoms with van der Waals surface area (Å²) in [6.45, 7) is 1.48. The first-order valence-electron chi connectivity index (χ1n) is 9.16. The molecule has 2 fully saturated rings. The maximum atomic E-state index is 13.7. The molecule has 1 N–H and O–H groups in total. The summed E-state index contributed by atoms with van der Waals surface area (Å²) < 4.78 is 20.4. The summed E-state index contributed by atoms with van der Waals surface area (Å²) in [5, 5.41) is 3.08. The molecule has 5 rings (SSSR count). The van der Waals surface area contributed by atoms with Crippen LogP contribution >= 0.6 is 11.3 Å². The standard InChI is InChI=1S/C19H18FN5O2S/c20-12-5-15(18-16(6-12)28-10-23-18)27-14-3-11(4-14)19(26)24-13-8-25(9-13)17-7-21-1-2-22-17/h1-2,5-7,10-11,13-14H,3-4,8-9H2,(H,24,26). The number of anilines is 1. The van der Waals surface area contributed by atoms with Gasteiger partial charge >= 0.3 is 0 Å². The smallest absolute Gasteiger partial charge is 0.223 e. The van der Waals surface area contributed by atoms with E-state index in [0.717, 1.165) is 23.6 Å². The molecule has 28 heavy (non-hydrogen) atoms. The topological polar surface area (TPSA) is 80.2 Å². The van der Waals surface area contributed by atoms with Crippen molar-refractivity contribution in [2.24, 2.45) is 5.92 Å². The van der Waals surface area contributed by atoms with Gasteiger partial charge in [-0.05, 0) is 18.9 Å². The Hall–Kier alpha value is -2.81. The lowest BCUT2D eigenvalue weighted by atomic mass is 9.81. The van der Waals surface area contributed by atoms with Gasteiger partial charge in [0.05, 0.1) is 22.4 Å². The molecule has 1 saturated heterocycles. The second-order valence-electron chi connectivity index (χ2n) is 7.19. The van der Waals surface area contributed by atoms with Gasteiger partial charge in [0.15, 0.2) is 0 Å². The number of thiazole rings is 1. The van der Waals surface area contributed by atoms with E-state index >= 15 is 0 Å². The zero-order chi connectivity index (χ0) is 19.1. The molecule has 1 aliphatic carbocycles. The molecule has 3 aromatic rings. The largest absolute Gasteiger partial charge is 0.488 e. The Labute approximate surface area is 164 Å². The number of amides is 1. The van der Waals surface area contributed by atoms with E-state index in [4.69, 9.17) is 4.74 Å². The lowest BCUT2D eigenvalue weighted by molar-refractivity contribution is -0.131. The highest BCUT2D eigenvalue weighted by Gasteiger charge is 2.39. The van der Waals surface area contributed by atoms with Crippen molar-refractivity contribution in [1.82, 2.24) is 20.3 Å². The second kappa shape index (κ2) is 6.97. The third-order valence-corrected chi connectivity index (χ3v) is 6.00. The SMILES string of the molecule is O=C(NC1CN(c2cnccn2)C1)C1CC(Oc2cc(F)cc3scnc23)C1. The first kappa shape index (κ1) is 17.3. The first-order chi connectivity index (χ1) is 13.7. The van der Waals surface area contributed by atoms with Crippen molar-refractivity contribution in [3.8, 4) is 5.75 Å². The van der Waals surface area contributed by atoms with Crippen molar-refractivity contribution < 1.29 is 13.9 Å². The maximum absolute atomic E-state index is 13.7. The third kappa shape index (κ3) is 3.26. The molecule has 0 spiro atoms. The summed E-state index contributed by atoms with van der Waals surface area (Å²) in [6, 6.07) is 2.96. The molecule has 0 unspecified atom stereocenters. The Morgan fingerprint density at radius 2 is 2.11 bits per heavy atom. The molecule has 1 saturated carbocycles. The Balaban J connectivity index is 1.10. The molecule has 9 heteroatoms. The van der Waals surface area contributed by atoms with E-state index in [2.05, 4.69) is 25.2 Å². The van der Waals surface area contributed by atoms with E-state index in [1.807, 2.05) is 0 Å². The fourth-order valence-electron chi connectivity index (χ4n) is 3.58. The van der Waals surface area contributed by atoms with E-state index in [1.54, 1.807) is 24.1 Å². The summed E-state index contributed by atoms with van der Waals surface area (Å²) >= 11 is 1.38. The van der Waals surface area contributed by atoms with Gasteiger partial charge in [0.2, 0.25) is 5.91 Å². The second-order valence-corrected chi connectivity index (χ2v) is 8.07. The fourth-order valence-corrected chi connectivity index (χ4v) is 4.30. The molecule has 0 bridgehead atoms. The van der Waals surface area contributed by atoms with Crippen LogP contribution in [0.5, 0.6) is 5.75 Å². The molecule has 7 nitrogen and oxygen atoms in total. The number of fused-ring (bicyclic) bond motifs is 1. The highest BCUT2D eigenvalue weighted by Crippen LogP contribution is 2.35. The minimum atomic E-state index is -0.335. The minimum absolute atomic E-state index is 0.0571. The van der Waals surface area contributed by atoms with E-state index in [-0.39, 0.29) is 29.8 Å². The van der Waals surface area contributed by atoms with Gasteiger partial charge in [-0.1, -0.05) is 0 Å². The Morgan fingerprint density at radius 1 is 1.25 bits per heavy atom. The van der Waals surface area contributed by atoms with Crippen LogP contribution in [0, 0.1) is 11.7 Å². The predicted molar refractivity (Wildman–Crippen MR) is 103 cm³/mol. The molecule has 2 aliphatic rings. The first-order valence-corrected chi connectivity index (χ1v) is 10.0. The number of halogens is 1. The number of benzene rings is 1. The number of hydrogen-bond acceptors (Lipinski definition) is 7. The molecule has 2 aromatic heterocycles. The lowest BCUT2D eigenvalue weighted by Crippen LogP contribution is -2.61. The highest BCUT2D eigenvalue weighted by atomic mass is 32.1. The van der Waals surface area contributed by atoms with Crippen LogP contribution in [0.15, 0.2) is 36.2 Å². The number of aromatic nitrogens is 3. The zero-order valence-electron chi connectivity index (χ0n) is 14.9. The molecule has 144 valence electrons. The Bertz CT molecular complexity index is 1000. The van der Waals surface area contributed by atoms with Crippen molar-refractivity contribution in [2.45, 2.75) is 25.0 Å². The van der Waals surface area contributed by atoms with Gasteiger partial charge in [-0.25, -0.2) is 14.4 Å². The summed E-state index contributed by atoms with van der Waals surface area (Å²) in [7, 11) is 0. The number of carbonyl (C=O) groups is 1. The summed E-state index contributed by atoms with van der Waals surface area (Å²) in [5.74, 6) is 0.946. The van der Waals surface area contributed by atoms with Crippen molar-refractivity contribution in [3.63, 3.8) is 0 Å². The van der Waals surface area contributed by atoms with Crippen LogP contribution in [0.25, 0.3) is 10.2 Å². The summed E-state index contributed by atoms with van der Waals surface area (Å²) in [6.07, 6.45) is 6.20. The predicted octanol–water partition coefficient (Wildman–Crippen LogP) is 2.39.